The van der Waals surface area contributed by atoms with Gasteiger partial charge in [0, 0.05) is 18.7 Å². The minimum Gasteiger partial charge on any atom is -0.383 e. The molecule has 20 heavy (non-hydrogen) atoms. The van der Waals surface area contributed by atoms with E-state index in [0.29, 0.717) is 18.5 Å². The predicted octanol–water partition coefficient (Wildman–Crippen LogP) is 2.84. The number of rotatable bonds is 5. The Morgan fingerprint density at radius 2 is 2.10 bits per heavy atom. The lowest BCUT2D eigenvalue weighted by atomic mass is 9.90. The normalized spacial score (nSPS) is 14.5. The topological polar surface area (TPSA) is 50.9 Å². The Morgan fingerprint density at radius 1 is 1.35 bits per heavy atom. The molecule has 2 aromatic rings. The third-order valence-electron chi connectivity index (χ3n) is 3.46. The Balaban J connectivity index is 2.24. The Kier molecular flexibility index (Phi) is 4.18. The lowest BCUT2D eigenvalue weighted by Gasteiger charge is -2.25. The molecule has 0 amide bonds. The highest BCUT2D eigenvalue weighted by Crippen LogP contribution is 2.27. The molecule has 0 radical (unpaired) electrons. The summed E-state index contributed by atoms with van der Waals surface area (Å²) in [6.07, 6.45) is 3.87. The molecule has 0 aliphatic rings. The Labute approximate surface area is 118 Å². The van der Waals surface area contributed by atoms with Gasteiger partial charge in [0.15, 0.2) is 0 Å². The summed E-state index contributed by atoms with van der Waals surface area (Å²) in [5, 5.41) is 15.2. The third kappa shape index (κ3) is 3.04. The first-order valence-electron chi connectivity index (χ1n) is 6.83. The first-order valence-corrected chi connectivity index (χ1v) is 6.83. The van der Waals surface area contributed by atoms with Gasteiger partial charge in [0.25, 0.3) is 0 Å². The van der Waals surface area contributed by atoms with Crippen LogP contribution in [0.25, 0.3) is 0 Å². The first-order chi connectivity index (χ1) is 9.44. The molecule has 0 saturated heterocycles. The van der Waals surface area contributed by atoms with Crippen LogP contribution in [0, 0.1) is 5.82 Å². The third-order valence-corrected chi connectivity index (χ3v) is 3.46. The number of hydrogen-bond acceptors (Lipinski definition) is 3. The number of nitrogens with zero attached hydrogens (tertiary/aromatic N) is 3. The molecule has 0 spiro atoms. The van der Waals surface area contributed by atoms with Crippen molar-refractivity contribution in [1.82, 2.24) is 14.8 Å². The van der Waals surface area contributed by atoms with Crippen LogP contribution in [0.2, 0.25) is 0 Å². The van der Waals surface area contributed by atoms with Gasteiger partial charge in [-0.3, -0.25) is 9.67 Å². The van der Waals surface area contributed by atoms with Crippen LogP contribution in [0.4, 0.5) is 4.39 Å². The van der Waals surface area contributed by atoms with Crippen molar-refractivity contribution in [2.45, 2.75) is 45.3 Å². The maximum Gasteiger partial charge on any atom is 0.141 e. The van der Waals surface area contributed by atoms with Crippen molar-refractivity contribution in [3.63, 3.8) is 0 Å². The SMILES string of the molecule is CCC(O)(Cc1ccn(C(C)C)n1)c1ccc(F)cn1. The molecule has 1 N–H and O–H groups in total. The van der Waals surface area contributed by atoms with E-state index in [1.807, 2.05) is 37.7 Å². The van der Waals surface area contributed by atoms with Gasteiger partial charge in [0.1, 0.15) is 11.4 Å². The zero-order valence-electron chi connectivity index (χ0n) is 12.0. The number of halogens is 1. The molecule has 108 valence electrons. The van der Waals surface area contributed by atoms with E-state index in [-0.39, 0.29) is 6.04 Å². The summed E-state index contributed by atoms with van der Waals surface area (Å²) in [6, 6.07) is 5.01. The van der Waals surface area contributed by atoms with Crippen LogP contribution in [0.5, 0.6) is 0 Å². The average Bonchev–Trinajstić information content (AvgIpc) is 2.88. The molecule has 2 rings (SSSR count). The highest BCUT2D eigenvalue weighted by molar-refractivity contribution is 5.17. The zero-order chi connectivity index (χ0) is 14.8. The predicted molar refractivity (Wildman–Crippen MR) is 74.7 cm³/mol. The number of aliphatic hydroxyl groups is 1. The Morgan fingerprint density at radius 3 is 2.60 bits per heavy atom. The van der Waals surface area contributed by atoms with Gasteiger partial charge >= 0.3 is 0 Å². The standard InChI is InChI=1S/C15H20FN3O/c1-4-15(20,14-6-5-12(16)10-17-14)9-13-7-8-19(18-13)11(2)3/h5-8,10-11,20H,4,9H2,1-3H3. The minimum atomic E-state index is -1.12. The fourth-order valence-corrected chi connectivity index (χ4v) is 2.11. The molecule has 5 heteroatoms. The monoisotopic (exact) mass is 277 g/mol. The molecule has 0 saturated carbocycles. The van der Waals surface area contributed by atoms with Crippen molar-refractivity contribution in [3.05, 3.63) is 47.8 Å². The van der Waals surface area contributed by atoms with E-state index < -0.39 is 11.4 Å². The number of pyridine rings is 1. The largest absolute Gasteiger partial charge is 0.383 e. The fraction of sp³-hybridized carbons (Fsp3) is 0.467. The van der Waals surface area contributed by atoms with E-state index in [1.165, 1.54) is 12.1 Å². The molecule has 0 aliphatic heterocycles. The van der Waals surface area contributed by atoms with Crippen molar-refractivity contribution in [2.24, 2.45) is 0 Å². The molecule has 2 heterocycles. The van der Waals surface area contributed by atoms with E-state index in [1.54, 1.807) is 0 Å². The van der Waals surface area contributed by atoms with Crippen molar-refractivity contribution in [1.29, 1.82) is 0 Å². The summed E-state index contributed by atoms with van der Waals surface area (Å²) in [4.78, 5) is 4.00. The molecular formula is C15H20FN3O. The molecule has 2 aromatic heterocycles. The van der Waals surface area contributed by atoms with E-state index in [2.05, 4.69) is 10.1 Å². The minimum absolute atomic E-state index is 0.280. The molecule has 0 bridgehead atoms. The Bertz CT molecular complexity index is 565. The summed E-state index contributed by atoms with van der Waals surface area (Å²) >= 11 is 0. The van der Waals surface area contributed by atoms with Crippen LogP contribution >= 0.6 is 0 Å². The molecule has 1 atom stereocenters. The van der Waals surface area contributed by atoms with Crippen LogP contribution < -0.4 is 0 Å². The maximum absolute atomic E-state index is 12.9. The van der Waals surface area contributed by atoms with Gasteiger partial charge in [-0.1, -0.05) is 6.92 Å². The van der Waals surface area contributed by atoms with Crippen LogP contribution in [-0.4, -0.2) is 19.9 Å². The van der Waals surface area contributed by atoms with Gasteiger partial charge in [-0.05, 0) is 38.5 Å². The lowest BCUT2D eigenvalue weighted by molar-refractivity contribution is 0.0271. The number of aromatic nitrogens is 3. The molecule has 0 aliphatic carbocycles. The zero-order valence-corrected chi connectivity index (χ0v) is 12.0. The molecule has 4 nitrogen and oxygen atoms in total. The van der Waals surface area contributed by atoms with Gasteiger partial charge in [0.05, 0.1) is 17.6 Å². The summed E-state index contributed by atoms with van der Waals surface area (Å²) < 4.78 is 14.8. The summed E-state index contributed by atoms with van der Waals surface area (Å²) in [7, 11) is 0. The van der Waals surface area contributed by atoms with Crippen molar-refractivity contribution < 1.29 is 9.50 Å². The van der Waals surface area contributed by atoms with Crippen LogP contribution in [0.15, 0.2) is 30.6 Å². The van der Waals surface area contributed by atoms with E-state index >= 15 is 0 Å². The lowest BCUT2D eigenvalue weighted by Crippen LogP contribution is -2.29. The molecular weight excluding hydrogens is 257 g/mol. The van der Waals surface area contributed by atoms with Gasteiger partial charge in [-0.15, -0.1) is 0 Å². The van der Waals surface area contributed by atoms with E-state index in [9.17, 15) is 9.50 Å². The van der Waals surface area contributed by atoms with Crippen LogP contribution in [-0.2, 0) is 12.0 Å². The second-order valence-electron chi connectivity index (χ2n) is 5.30. The van der Waals surface area contributed by atoms with Crippen molar-refractivity contribution in [3.8, 4) is 0 Å². The maximum atomic E-state index is 12.9. The van der Waals surface area contributed by atoms with Crippen molar-refractivity contribution in [2.75, 3.05) is 0 Å². The van der Waals surface area contributed by atoms with Crippen molar-refractivity contribution >= 4 is 0 Å². The van der Waals surface area contributed by atoms with Crippen LogP contribution in [0.3, 0.4) is 0 Å². The van der Waals surface area contributed by atoms with Gasteiger partial charge < -0.3 is 5.11 Å². The highest BCUT2D eigenvalue weighted by atomic mass is 19.1. The average molecular weight is 277 g/mol. The molecule has 0 fully saturated rings. The first kappa shape index (κ1) is 14.7. The van der Waals surface area contributed by atoms with Gasteiger partial charge in [-0.25, -0.2) is 4.39 Å². The summed E-state index contributed by atoms with van der Waals surface area (Å²) in [6.45, 7) is 5.97. The van der Waals surface area contributed by atoms with Gasteiger partial charge in [-0.2, -0.15) is 5.10 Å². The number of hydrogen-bond donors (Lipinski definition) is 1. The fourth-order valence-electron chi connectivity index (χ4n) is 2.11. The second-order valence-corrected chi connectivity index (χ2v) is 5.30. The Hall–Kier alpha value is -1.75. The summed E-state index contributed by atoms with van der Waals surface area (Å²) in [5.74, 6) is -0.406. The summed E-state index contributed by atoms with van der Waals surface area (Å²) in [5.41, 5.74) is 0.152. The second kappa shape index (κ2) is 5.71. The van der Waals surface area contributed by atoms with E-state index in [0.717, 1.165) is 11.9 Å². The van der Waals surface area contributed by atoms with E-state index in [4.69, 9.17) is 0 Å². The molecule has 0 aromatic carbocycles. The van der Waals surface area contributed by atoms with Crippen LogP contribution in [0.1, 0.15) is 44.6 Å². The highest BCUT2D eigenvalue weighted by Gasteiger charge is 2.30. The van der Waals surface area contributed by atoms with Gasteiger partial charge in [0.2, 0.25) is 0 Å². The smallest absolute Gasteiger partial charge is 0.141 e. The quantitative estimate of drug-likeness (QED) is 0.914. The molecule has 1 unspecified atom stereocenters.